The van der Waals surface area contributed by atoms with E-state index in [9.17, 15) is 26.3 Å². The maximum Gasteiger partial charge on any atom is 0.485 e. The molecule has 32 heavy (non-hydrogen) atoms. The quantitative estimate of drug-likeness (QED) is 0.278. The molecule has 1 N–H and O–H groups in total. The van der Waals surface area contributed by atoms with Gasteiger partial charge in [-0.1, -0.05) is 13.3 Å². The third kappa shape index (κ3) is 15.6. The zero-order valence-electron chi connectivity index (χ0n) is 17.0. The van der Waals surface area contributed by atoms with Crippen LogP contribution in [0, 0.1) is 0 Å². The van der Waals surface area contributed by atoms with Gasteiger partial charge in [-0.25, -0.2) is 30.5 Å². The molecule has 0 atom stereocenters. The molecule has 10 nitrogen and oxygen atoms in total. The van der Waals surface area contributed by atoms with Crippen LogP contribution in [-0.4, -0.2) is 46.5 Å². The fourth-order valence-corrected chi connectivity index (χ4v) is 1.34. The zero-order chi connectivity index (χ0) is 25.8. The Hall–Kier alpha value is -2.18. The molecule has 0 aliphatic rings. The summed E-state index contributed by atoms with van der Waals surface area (Å²) < 4.78 is 124. The highest BCUT2D eigenvalue weighted by molar-refractivity contribution is 7.86. The minimum absolute atomic E-state index is 1.15. The van der Waals surface area contributed by atoms with E-state index in [1.54, 1.807) is 0 Å². The molecule has 0 aliphatic heterocycles. The van der Waals surface area contributed by atoms with Crippen molar-refractivity contribution >= 4 is 20.2 Å². The van der Waals surface area contributed by atoms with Crippen LogP contribution in [0.4, 0.5) is 26.3 Å². The Balaban J connectivity index is 0. The number of aromatic amines is 1. The van der Waals surface area contributed by atoms with Crippen LogP contribution in [0.1, 0.15) is 19.8 Å². The van der Waals surface area contributed by atoms with Crippen LogP contribution >= 0.6 is 0 Å². The van der Waals surface area contributed by atoms with Gasteiger partial charge in [0.15, 0.2) is 20.2 Å². The Morgan fingerprint density at radius 2 is 1.34 bits per heavy atom. The first kappa shape index (κ1) is 32.0. The largest absolute Gasteiger partial charge is 0.741 e. The van der Waals surface area contributed by atoms with Gasteiger partial charge in [-0.15, -0.1) is 0 Å². The van der Waals surface area contributed by atoms with Crippen molar-refractivity contribution in [2.75, 3.05) is 0 Å². The van der Waals surface area contributed by atoms with E-state index < -0.39 is 31.3 Å². The molecule has 2 heterocycles. The normalized spacial score (nSPS) is 11.8. The summed E-state index contributed by atoms with van der Waals surface area (Å²) in [5.74, 6) is 0. The fraction of sp³-hybridized carbons (Fsp3) is 0.571. The summed E-state index contributed by atoms with van der Waals surface area (Å²) in [6.07, 6.45) is 14.5. The van der Waals surface area contributed by atoms with Crippen LogP contribution in [0.25, 0.3) is 0 Å². The average Bonchev–Trinajstić information content (AvgIpc) is 3.22. The predicted octanol–water partition coefficient (Wildman–Crippen LogP) is 1.05. The Bertz CT molecular complexity index is 928. The number of hydrogen-bond donors (Lipinski definition) is 1. The van der Waals surface area contributed by atoms with Crippen molar-refractivity contribution in [1.29, 1.82) is 0 Å². The third-order valence-electron chi connectivity index (χ3n) is 2.84. The van der Waals surface area contributed by atoms with Crippen molar-refractivity contribution in [2.24, 2.45) is 14.1 Å². The summed E-state index contributed by atoms with van der Waals surface area (Å²) in [5.41, 5.74) is -11.3. The fourth-order valence-electron chi connectivity index (χ4n) is 1.34. The molecule has 0 radical (unpaired) electrons. The van der Waals surface area contributed by atoms with Crippen LogP contribution in [0.2, 0.25) is 0 Å². The first-order valence-corrected chi connectivity index (χ1v) is 11.1. The van der Waals surface area contributed by atoms with Crippen molar-refractivity contribution < 1.29 is 61.4 Å². The molecule has 0 aromatic carbocycles. The number of aryl methyl sites for hydroxylation is 3. The number of alkyl halides is 6. The zero-order valence-corrected chi connectivity index (χ0v) is 18.6. The SMILES string of the molecule is CCCCn1cc[n+](C)c1.C[n+]1cc[nH]c1.O=S(=O)([O-])C(F)(F)F.O=S(=O)([O-])C(F)(F)F. The first-order chi connectivity index (χ1) is 14.2. The number of hydrogen-bond acceptors (Lipinski definition) is 6. The third-order valence-corrected chi connectivity index (χ3v) is 3.98. The van der Waals surface area contributed by atoms with Crippen LogP contribution in [-0.2, 0) is 40.9 Å². The molecule has 188 valence electrons. The van der Waals surface area contributed by atoms with Crippen LogP contribution < -0.4 is 9.13 Å². The molecule has 0 unspecified atom stereocenters. The second-order valence-electron chi connectivity index (χ2n) is 5.75. The lowest BCUT2D eigenvalue weighted by Crippen LogP contribution is -2.23. The van der Waals surface area contributed by atoms with Gasteiger partial charge in [0.25, 0.3) is 0 Å². The van der Waals surface area contributed by atoms with E-state index in [0.29, 0.717) is 0 Å². The van der Waals surface area contributed by atoms with Crippen molar-refractivity contribution in [2.45, 2.75) is 37.3 Å². The Morgan fingerprint density at radius 3 is 1.53 bits per heavy atom. The van der Waals surface area contributed by atoms with Gasteiger partial charge in [0.05, 0.1) is 20.6 Å². The smallest absolute Gasteiger partial charge is 0.485 e. The summed E-state index contributed by atoms with van der Waals surface area (Å²) in [6, 6.07) is 0. The molecular weight excluding hydrogens is 498 g/mol. The minimum atomic E-state index is -6.09. The first-order valence-electron chi connectivity index (χ1n) is 8.25. The lowest BCUT2D eigenvalue weighted by Gasteiger charge is -2.08. The maximum absolute atomic E-state index is 10.7. The highest BCUT2D eigenvalue weighted by Gasteiger charge is 2.37. The monoisotopic (exact) mass is 520 g/mol. The van der Waals surface area contributed by atoms with Gasteiger partial charge in [-0.05, 0) is 6.42 Å². The molecule has 0 bridgehead atoms. The molecule has 0 spiro atoms. The van der Waals surface area contributed by atoms with E-state index in [2.05, 4.69) is 39.8 Å². The minimum Gasteiger partial charge on any atom is -0.741 e. The number of H-pyrrole nitrogens is 1. The van der Waals surface area contributed by atoms with E-state index in [-0.39, 0.29) is 0 Å². The molecule has 2 rings (SSSR count). The molecule has 0 amide bonds. The lowest BCUT2D eigenvalue weighted by atomic mass is 10.3. The standard InChI is InChI=1S/C8H15N2.C4H6N2.2CHF3O3S/c1-3-4-5-10-7-6-9(2)8-10;1-6-3-2-5-4-6;2*2-1(3,4)8(5,6)7/h6-8H,3-5H2,1-2H3;2-4H,1H3;2*(H,5,6,7)/q+1;;;/p-1. The molecular formula is C14H22F6N4O6S2. The molecule has 0 saturated carbocycles. The molecule has 18 heteroatoms. The van der Waals surface area contributed by atoms with Crippen LogP contribution in [0.15, 0.2) is 37.4 Å². The van der Waals surface area contributed by atoms with Crippen molar-refractivity contribution in [3.05, 3.63) is 37.4 Å². The number of halogens is 6. The van der Waals surface area contributed by atoms with E-state index in [4.69, 9.17) is 25.9 Å². The molecule has 0 aliphatic carbocycles. The van der Waals surface area contributed by atoms with E-state index in [1.807, 2.05) is 37.4 Å². The molecule has 2 aromatic heterocycles. The summed E-state index contributed by atoms with van der Waals surface area (Å²) >= 11 is 0. The van der Waals surface area contributed by atoms with Crippen molar-refractivity contribution in [1.82, 2.24) is 9.55 Å². The van der Waals surface area contributed by atoms with Gasteiger partial charge in [0.2, 0.25) is 12.7 Å². The van der Waals surface area contributed by atoms with Gasteiger partial charge in [0.1, 0.15) is 24.8 Å². The molecule has 0 saturated heterocycles. The molecule has 0 fully saturated rings. The number of nitrogens with one attached hydrogen (secondary N) is 1. The van der Waals surface area contributed by atoms with Gasteiger partial charge >= 0.3 is 11.0 Å². The Labute approximate surface area is 180 Å². The number of imidazole rings is 2. The number of nitrogens with zero attached hydrogens (tertiary/aromatic N) is 3. The highest BCUT2D eigenvalue weighted by Crippen LogP contribution is 2.21. The lowest BCUT2D eigenvalue weighted by molar-refractivity contribution is -0.671. The maximum atomic E-state index is 10.7. The van der Waals surface area contributed by atoms with Crippen molar-refractivity contribution in [3.63, 3.8) is 0 Å². The van der Waals surface area contributed by atoms with E-state index in [0.717, 1.165) is 6.54 Å². The average molecular weight is 520 g/mol. The summed E-state index contributed by atoms with van der Waals surface area (Å²) in [6.45, 7) is 3.36. The van der Waals surface area contributed by atoms with Gasteiger partial charge in [-0.3, -0.25) is 4.98 Å². The van der Waals surface area contributed by atoms with E-state index in [1.165, 1.54) is 12.8 Å². The number of rotatable bonds is 3. The Morgan fingerprint density at radius 1 is 0.906 bits per heavy atom. The Kier molecular flexibility index (Phi) is 13.4. The highest BCUT2D eigenvalue weighted by atomic mass is 32.2. The van der Waals surface area contributed by atoms with Crippen LogP contribution in [0.5, 0.6) is 0 Å². The predicted molar refractivity (Wildman–Crippen MR) is 94.0 cm³/mol. The summed E-state index contributed by atoms with van der Waals surface area (Å²) in [4.78, 5) is 2.89. The van der Waals surface area contributed by atoms with Gasteiger partial charge in [-0.2, -0.15) is 26.3 Å². The summed E-state index contributed by atoms with van der Waals surface area (Å²) in [7, 11) is -8.17. The summed E-state index contributed by atoms with van der Waals surface area (Å²) in [5, 5.41) is 0. The number of unbranched alkanes of at least 4 members (excludes halogenated alkanes) is 1. The van der Waals surface area contributed by atoms with Crippen LogP contribution in [0.3, 0.4) is 0 Å². The topological polar surface area (TPSA) is 143 Å². The van der Waals surface area contributed by atoms with E-state index >= 15 is 0 Å². The second-order valence-corrected chi connectivity index (χ2v) is 8.49. The van der Waals surface area contributed by atoms with Gasteiger partial charge < -0.3 is 9.11 Å². The number of aromatic nitrogens is 4. The van der Waals surface area contributed by atoms with Gasteiger partial charge in [0, 0.05) is 0 Å². The molecule has 2 aromatic rings. The second kappa shape index (κ2) is 13.4. The van der Waals surface area contributed by atoms with Crippen molar-refractivity contribution in [3.8, 4) is 0 Å².